The summed E-state index contributed by atoms with van der Waals surface area (Å²) in [5.74, 6) is -0.290. The lowest BCUT2D eigenvalue weighted by Crippen LogP contribution is -2.49. The second-order valence-corrected chi connectivity index (χ2v) is 4.48. The molecule has 1 aromatic carbocycles. The van der Waals surface area contributed by atoms with Crippen molar-refractivity contribution in [2.24, 2.45) is 0 Å². The fourth-order valence-electron chi connectivity index (χ4n) is 1.90. The summed E-state index contributed by atoms with van der Waals surface area (Å²) in [6, 6.07) is 8.97. The van der Waals surface area contributed by atoms with Crippen LogP contribution in [0.2, 0.25) is 0 Å². The third-order valence-electron chi connectivity index (χ3n) is 2.97. The second-order valence-electron chi connectivity index (χ2n) is 4.48. The van der Waals surface area contributed by atoms with E-state index in [1.807, 2.05) is 18.2 Å². The molecule has 1 fully saturated rings. The minimum atomic E-state index is -0.437. The quantitative estimate of drug-likeness (QED) is 0.635. The highest BCUT2D eigenvalue weighted by Gasteiger charge is 2.20. The van der Waals surface area contributed by atoms with Crippen LogP contribution in [0.25, 0.3) is 0 Å². The van der Waals surface area contributed by atoms with Crippen LogP contribution in [-0.2, 0) is 9.53 Å². The molecule has 0 spiro atoms. The van der Waals surface area contributed by atoms with Crippen molar-refractivity contribution in [3.63, 3.8) is 0 Å². The molecule has 0 aliphatic carbocycles. The summed E-state index contributed by atoms with van der Waals surface area (Å²) in [6.07, 6.45) is -0.437. The van der Waals surface area contributed by atoms with Crippen molar-refractivity contribution >= 4 is 11.8 Å². The highest BCUT2D eigenvalue weighted by molar-refractivity contribution is 5.94. The lowest BCUT2D eigenvalue weighted by atomic mass is 10.2. The number of hydrogen-bond donors (Lipinski definition) is 3. The van der Waals surface area contributed by atoms with Gasteiger partial charge >= 0.3 is 0 Å². The molecular weight excluding hydrogens is 258 g/mol. The highest BCUT2D eigenvalue weighted by Crippen LogP contribution is 1.97. The van der Waals surface area contributed by atoms with E-state index >= 15 is 0 Å². The maximum Gasteiger partial charge on any atom is 0.251 e. The summed E-state index contributed by atoms with van der Waals surface area (Å²) < 4.78 is 5.33. The summed E-state index contributed by atoms with van der Waals surface area (Å²) in [7, 11) is 0. The van der Waals surface area contributed by atoms with Crippen LogP contribution in [0.5, 0.6) is 0 Å². The Bertz CT molecular complexity index is 444. The molecule has 2 rings (SSSR count). The van der Waals surface area contributed by atoms with Gasteiger partial charge in [-0.15, -0.1) is 0 Å². The number of hydrogen-bond acceptors (Lipinski definition) is 4. The van der Waals surface area contributed by atoms with Gasteiger partial charge in [-0.1, -0.05) is 18.2 Å². The molecule has 3 N–H and O–H groups in total. The number of ether oxygens (including phenoxy) is 1. The van der Waals surface area contributed by atoms with Crippen molar-refractivity contribution in [2.75, 3.05) is 32.8 Å². The molecule has 1 aliphatic heterocycles. The van der Waals surface area contributed by atoms with Crippen LogP contribution in [0.15, 0.2) is 30.3 Å². The lowest BCUT2D eigenvalue weighted by molar-refractivity contribution is -0.134. The van der Waals surface area contributed by atoms with Crippen LogP contribution in [0, 0.1) is 0 Å². The molecule has 0 bridgehead atoms. The van der Waals surface area contributed by atoms with Gasteiger partial charge in [0.25, 0.3) is 11.8 Å². The van der Waals surface area contributed by atoms with E-state index in [4.69, 9.17) is 4.74 Å². The SMILES string of the molecule is O=C(NCCNC(=O)C1CNCCO1)c1ccccc1. The molecule has 108 valence electrons. The Labute approximate surface area is 117 Å². The third-order valence-corrected chi connectivity index (χ3v) is 2.97. The smallest absolute Gasteiger partial charge is 0.251 e. The standard InChI is InChI=1S/C14H19N3O3/c18-13(11-4-2-1-3-5-11)16-6-7-17-14(19)12-10-15-8-9-20-12/h1-5,12,15H,6-10H2,(H,16,18)(H,17,19). The number of nitrogens with one attached hydrogen (secondary N) is 3. The Morgan fingerprint density at radius 1 is 1.20 bits per heavy atom. The molecule has 0 aromatic heterocycles. The van der Waals surface area contributed by atoms with Gasteiger partial charge in [0.2, 0.25) is 0 Å². The van der Waals surface area contributed by atoms with E-state index in [0.29, 0.717) is 31.8 Å². The number of morpholine rings is 1. The van der Waals surface area contributed by atoms with E-state index in [-0.39, 0.29) is 11.8 Å². The largest absolute Gasteiger partial charge is 0.366 e. The molecule has 1 heterocycles. The normalized spacial score (nSPS) is 18.3. The number of carbonyl (C=O) groups is 2. The van der Waals surface area contributed by atoms with Crippen LogP contribution >= 0.6 is 0 Å². The molecule has 0 saturated carbocycles. The number of carbonyl (C=O) groups excluding carboxylic acids is 2. The molecule has 1 aliphatic rings. The zero-order valence-electron chi connectivity index (χ0n) is 11.2. The van der Waals surface area contributed by atoms with Gasteiger partial charge < -0.3 is 20.7 Å². The molecular formula is C14H19N3O3. The van der Waals surface area contributed by atoms with Crippen molar-refractivity contribution < 1.29 is 14.3 Å². The first-order valence-corrected chi connectivity index (χ1v) is 6.70. The molecule has 2 amide bonds. The Morgan fingerprint density at radius 3 is 2.65 bits per heavy atom. The zero-order valence-corrected chi connectivity index (χ0v) is 11.2. The topological polar surface area (TPSA) is 79.5 Å². The minimum Gasteiger partial charge on any atom is -0.366 e. The van der Waals surface area contributed by atoms with Crippen LogP contribution in [-0.4, -0.2) is 50.7 Å². The van der Waals surface area contributed by atoms with Crippen molar-refractivity contribution in [1.29, 1.82) is 0 Å². The van der Waals surface area contributed by atoms with Crippen molar-refractivity contribution in [2.45, 2.75) is 6.10 Å². The van der Waals surface area contributed by atoms with Crippen LogP contribution in [0.3, 0.4) is 0 Å². The van der Waals surface area contributed by atoms with Crippen LogP contribution in [0.1, 0.15) is 10.4 Å². The first-order valence-electron chi connectivity index (χ1n) is 6.70. The Balaban J connectivity index is 1.64. The summed E-state index contributed by atoms with van der Waals surface area (Å²) in [5.41, 5.74) is 0.610. The molecule has 20 heavy (non-hydrogen) atoms. The first-order chi connectivity index (χ1) is 9.77. The number of benzene rings is 1. The van der Waals surface area contributed by atoms with Gasteiger partial charge in [-0.25, -0.2) is 0 Å². The minimum absolute atomic E-state index is 0.143. The Morgan fingerprint density at radius 2 is 1.95 bits per heavy atom. The van der Waals surface area contributed by atoms with E-state index < -0.39 is 6.10 Å². The van der Waals surface area contributed by atoms with Crippen LogP contribution < -0.4 is 16.0 Å². The summed E-state index contributed by atoms with van der Waals surface area (Å²) in [4.78, 5) is 23.5. The second kappa shape index (κ2) is 7.62. The lowest BCUT2D eigenvalue weighted by Gasteiger charge is -2.22. The maximum absolute atomic E-state index is 11.7. The predicted octanol–water partition coefficient (Wildman–Crippen LogP) is -0.479. The fourth-order valence-corrected chi connectivity index (χ4v) is 1.90. The van der Waals surface area contributed by atoms with Gasteiger partial charge in [-0.2, -0.15) is 0 Å². The van der Waals surface area contributed by atoms with Crippen LogP contribution in [0.4, 0.5) is 0 Å². The molecule has 1 aromatic rings. The van der Waals surface area contributed by atoms with E-state index in [0.717, 1.165) is 6.54 Å². The average Bonchev–Trinajstić information content (AvgIpc) is 2.53. The van der Waals surface area contributed by atoms with Gasteiger partial charge in [0.05, 0.1) is 6.61 Å². The molecule has 1 atom stereocenters. The molecule has 1 saturated heterocycles. The predicted molar refractivity (Wildman–Crippen MR) is 74.4 cm³/mol. The number of amides is 2. The first kappa shape index (κ1) is 14.5. The average molecular weight is 277 g/mol. The van der Waals surface area contributed by atoms with E-state index in [2.05, 4.69) is 16.0 Å². The highest BCUT2D eigenvalue weighted by atomic mass is 16.5. The third kappa shape index (κ3) is 4.32. The molecule has 1 unspecified atom stereocenters. The monoisotopic (exact) mass is 277 g/mol. The Hall–Kier alpha value is -1.92. The Kier molecular flexibility index (Phi) is 5.52. The van der Waals surface area contributed by atoms with Crippen molar-refractivity contribution in [3.05, 3.63) is 35.9 Å². The van der Waals surface area contributed by atoms with Gasteiger partial charge in [-0.05, 0) is 12.1 Å². The zero-order chi connectivity index (χ0) is 14.2. The molecule has 6 nitrogen and oxygen atoms in total. The van der Waals surface area contributed by atoms with Gasteiger partial charge in [0, 0.05) is 31.7 Å². The molecule has 0 radical (unpaired) electrons. The van der Waals surface area contributed by atoms with E-state index in [9.17, 15) is 9.59 Å². The van der Waals surface area contributed by atoms with E-state index in [1.54, 1.807) is 12.1 Å². The summed E-state index contributed by atoms with van der Waals surface area (Å²) >= 11 is 0. The van der Waals surface area contributed by atoms with Gasteiger partial charge in [0.15, 0.2) is 0 Å². The summed E-state index contributed by atoms with van der Waals surface area (Å²) in [6.45, 7) is 2.62. The van der Waals surface area contributed by atoms with Crippen molar-refractivity contribution in [3.8, 4) is 0 Å². The van der Waals surface area contributed by atoms with Gasteiger partial charge in [-0.3, -0.25) is 9.59 Å². The molecule has 6 heteroatoms. The fraction of sp³-hybridized carbons (Fsp3) is 0.429. The van der Waals surface area contributed by atoms with Crippen molar-refractivity contribution in [1.82, 2.24) is 16.0 Å². The van der Waals surface area contributed by atoms with Gasteiger partial charge in [0.1, 0.15) is 6.10 Å². The van der Waals surface area contributed by atoms with E-state index in [1.165, 1.54) is 0 Å². The number of rotatable bonds is 5. The maximum atomic E-state index is 11.7. The summed E-state index contributed by atoms with van der Waals surface area (Å²) in [5, 5.41) is 8.58.